The summed E-state index contributed by atoms with van der Waals surface area (Å²) >= 11 is 0. The van der Waals surface area contributed by atoms with Crippen molar-refractivity contribution < 1.29 is 4.52 Å². The highest BCUT2D eigenvalue weighted by atomic mass is 16.5. The first-order chi connectivity index (χ1) is 6.79. The summed E-state index contributed by atoms with van der Waals surface area (Å²) in [6, 6.07) is 4.00. The van der Waals surface area contributed by atoms with Crippen molar-refractivity contribution in [3.63, 3.8) is 0 Å². The molecule has 0 aliphatic rings. The van der Waals surface area contributed by atoms with E-state index >= 15 is 0 Å². The summed E-state index contributed by atoms with van der Waals surface area (Å²) < 4.78 is 7.05. The normalized spacial score (nSPS) is 10.7. The zero-order valence-electron chi connectivity index (χ0n) is 7.97. The highest BCUT2D eigenvalue weighted by Crippen LogP contribution is 2.07. The van der Waals surface area contributed by atoms with Crippen LogP contribution < -0.4 is 5.73 Å². The van der Waals surface area contributed by atoms with Crippen molar-refractivity contribution in [1.29, 1.82) is 0 Å². The van der Waals surface area contributed by atoms with Crippen LogP contribution in [0.5, 0.6) is 0 Å². The Labute approximate surface area is 81.5 Å². The van der Waals surface area contributed by atoms with Gasteiger partial charge in [-0.25, -0.2) is 0 Å². The third kappa shape index (κ3) is 1.67. The van der Waals surface area contributed by atoms with E-state index in [2.05, 4.69) is 10.1 Å². The lowest BCUT2D eigenvalue weighted by Gasteiger charge is -1.97. The lowest BCUT2D eigenvalue weighted by molar-refractivity contribution is 0.378. The molecular formula is C9H12N4O. The molecule has 0 saturated carbocycles. The summed E-state index contributed by atoms with van der Waals surface area (Å²) in [7, 11) is 1.98. The van der Waals surface area contributed by atoms with Gasteiger partial charge in [0.15, 0.2) is 5.82 Å². The average Bonchev–Trinajstić information content (AvgIpc) is 2.77. The van der Waals surface area contributed by atoms with Crippen LogP contribution in [0.2, 0.25) is 0 Å². The van der Waals surface area contributed by atoms with Crippen molar-refractivity contribution in [3.8, 4) is 0 Å². The third-order valence-electron chi connectivity index (χ3n) is 2.08. The predicted molar refractivity (Wildman–Crippen MR) is 50.4 cm³/mol. The van der Waals surface area contributed by atoms with Crippen LogP contribution in [0.3, 0.4) is 0 Å². The number of nitrogens with two attached hydrogens (primary N) is 1. The third-order valence-corrected chi connectivity index (χ3v) is 2.08. The van der Waals surface area contributed by atoms with Crippen LogP contribution in [0.15, 0.2) is 22.9 Å². The molecule has 14 heavy (non-hydrogen) atoms. The molecule has 2 rings (SSSR count). The molecule has 0 spiro atoms. The molecule has 0 unspecified atom stereocenters. The topological polar surface area (TPSA) is 69.9 Å². The van der Waals surface area contributed by atoms with E-state index in [9.17, 15) is 0 Å². The van der Waals surface area contributed by atoms with Crippen LogP contribution >= 0.6 is 0 Å². The van der Waals surface area contributed by atoms with Gasteiger partial charge in [0.2, 0.25) is 5.89 Å². The molecule has 5 nitrogen and oxygen atoms in total. The first-order valence-corrected chi connectivity index (χ1v) is 4.41. The van der Waals surface area contributed by atoms with Gasteiger partial charge < -0.3 is 14.8 Å². The van der Waals surface area contributed by atoms with Crippen molar-refractivity contribution >= 4 is 0 Å². The monoisotopic (exact) mass is 192 g/mol. The SMILES string of the molecule is Cn1cccc1Cc1nc(CN)no1. The van der Waals surface area contributed by atoms with Crippen LogP contribution in [0.4, 0.5) is 0 Å². The highest BCUT2D eigenvalue weighted by molar-refractivity contribution is 5.11. The molecule has 0 aromatic carbocycles. The van der Waals surface area contributed by atoms with Gasteiger partial charge in [-0.15, -0.1) is 0 Å². The second-order valence-electron chi connectivity index (χ2n) is 3.10. The summed E-state index contributed by atoms with van der Waals surface area (Å²) in [6.45, 7) is 0.316. The zero-order chi connectivity index (χ0) is 9.97. The standard InChI is InChI=1S/C9H12N4O/c1-13-4-2-3-7(13)5-9-11-8(6-10)12-14-9/h2-4H,5-6,10H2,1H3. The Morgan fingerprint density at radius 3 is 3.00 bits per heavy atom. The van der Waals surface area contributed by atoms with Crippen molar-refractivity contribution in [1.82, 2.24) is 14.7 Å². The van der Waals surface area contributed by atoms with Crippen LogP contribution in [-0.2, 0) is 20.0 Å². The molecule has 0 fully saturated rings. The van der Waals surface area contributed by atoms with Gasteiger partial charge in [-0.3, -0.25) is 0 Å². The first kappa shape index (κ1) is 8.96. The van der Waals surface area contributed by atoms with Gasteiger partial charge in [-0.1, -0.05) is 5.16 Å². The van der Waals surface area contributed by atoms with E-state index in [-0.39, 0.29) is 0 Å². The molecule has 0 atom stereocenters. The number of hydrogen-bond donors (Lipinski definition) is 1. The molecule has 74 valence electrons. The van der Waals surface area contributed by atoms with Gasteiger partial charge in [0.25, 0.3) is 0 Å². The van der Waals surface area contributed by atoms with Gasteiger partial charge in [0.1, 0.15) is 0 Å². The van der Waals surface area contributed by atoms with Crippen LogP contribution in [0.1, 0.15) is 17.4 Å². The molecule has 0 radical (unpaired) electrons. The van der Waals surface area contributed by atoms with E-state index in [1.54, 1.807) is 0 Å². The van der Waals surface area contributed by atoms with E-state index in [0.717, 1.165) is 5.69 Å². The molecular weight excluding hydrogens is 180 g/mol. The average molecular weight is 192 g/mol. The Morgan fingerprint density at radius 1 is 1.57 bits per heavy atom. The summed E-state index contributed by atoms with van der Waals surface area (Å²) in [5.41, 5.74) is 6.51. The Bertz CT molecular complexity index is 418. The number of nitrogens with zero attached hydrogens (tertiary/aromatic N) is 3. The maximum absolute atomic E-state index is 5.38. The van der Waals surface area contributed by atoms with E-state index in [0.29, 0.717) is 24.7 Å². The molecule has 5 heteroatoms. The summed E-state index contributed by atoms with van der Waals surface area (Å²) in [5.74, 6) is 1.15. The van der Waals surface area contributed by atoms with Crippen molar-refractivity contribution in [3.05, 3.63) is 35.7 Å². The molecule has 2 N–H and O–H groups in total. The van der Waals surface area contributed by atoms with Crippen molar-refractivity contribution in [2.75, 3.05) is 0 Å². The summed E-state index contributed by atoms with van der Waals surface area (Å²) in [5, 5.41) is 3.72. The lowest BCUT2D eigenvalue weighted by atomic mass is 10.3. The summed E-state index contributed by atoms with van der Waals surface area (Å²) in [6.07, 6.45) is 2.63. The minimum absolute atomic E-state index is 0.316. The molecule has 0 aliphatic heterocycles. The Morgan fingerprint density at radius 2 is 2.43 bits per heavy atom. The van der Waals surface area contributed by atoms with E-state index in [1.807, 2.05) is 29.9 Å². The predicted octanol–water partition coefficient (Wildman–Crippen LogP) is 0.458. The Kier molecular flexibility index (Phi) is 2.32. The maximum Gasteiger partial charge on any atom is 0.232 e. The first-order valence-electron chi connectivity index (χ1n) is 4.41. The zero-order valence-corrected chi connectivity index (χ0v) is 7.97. The molecule has 2 aromatic heterocycles. The summed E-state index contributed by atoms with van der Waals surface area (Å²) in [4.78, 5) is 4.13. The second-order valence-corrected chi connectivity index (χ2v) is 3.10. The second kappa shape index (κ2) is 3.63. The van der Waals surface area contributed by atoms with Gasteiger partial charge >= 0.3 is 0 Å². The van der Waals surface area contributed by atoms with E-state index in [4.69, 9.17) is 10.3 Å². The lowest BCUT2D eigenvalue weighted by Crippen LogP contribution is -1.99. The highest BCUT2D eigenvalue weighted by Gasteiger charge is 2.07. The minimum Gasteiger partial charge on any atom is -0.354 e. The fraction of sp³-hybridized carbons (Fsp3) is 0.333. The number of aryl methyl sites for hydroxylation is 1. The molecule has 2 aromatic rings. The van der Waals surface area contributed by atoms with Gasteiger partial charge in [-0.2, -0.15) is 4.98 Å². The van der Waals surface area contributed by atoms with Crippen LogP contribution in [-0.4, -0.2) is 14.7 Å². The van der Waals surface area contributed by atoms with Gasteiger partial charge in [-0.05, 0) is 12.1 Å². The maximum atomic E-state index is 5.38. The van der Waals surface area contributed by atoms with Gasteiger partial charge in [0, 0.05) is 18.9 Å². The fourth-order valence-electron chi connectivity index (χ4n) is 1.28. The van der Waals surface area contributed by atoms with E-state index in [1.165, 1.54) is 0 Å². The molecule has 0 bridgehead atoms. The Hall–Kier alpha value is -1.62. The van der Waals surface area contributed by atoms with Gasteiger partial charge in [0.05, 0.1) is 13.0 Å². The largest absolute Gasteiger partial charge is 0.354 e. The number of rotatable bonds is 3. The van der Waals surface area contributed by atoms with E-state index < -0.39 is 0 Å². The fourth-order valence-corrected chi connectivity index (χ4v) is 1.28. The van der Waals surface area contributed by atoms with Crippen molar-refractivity contribution in [2.24, 2.45) is 12.8 Å². The molecule has 0 amide bonds. The smallest absolute Gasteiger partial charge is 0.232 e. The van der Waals surface area contributed by atoms with Crippen molar-refractivity contribution in [2.45, 2.75) is 13.0 Å². The molecule has 0 aliphatic carbocycles. The van der Waals surface area contributed by atoms with Crippen LogP contribution in [0, 0.1) is 0 Å². The molecule has 2 heterocycles. The number of hydrogen-bond acceptors (Lipinski definition) is 4. The Balaban J connectivity index is 2.15. The number of aromatic nitrogens is 3. The quantitative estimate of drug-likeness (QED) is 0.766. The van der Waals surface area contributed by atoms with Crippen LogP contribution in [0.25, 0.3) is 0 Å². The molecule has 0 saturated heterocycles. The minimum atomic E-state index is 0.316.